The van der Waals surface area contributed by atoms with Gasteiger partial charge in [-0.2, -0.15) is 0 Å². The lowest BCUT2D eigenvalue weighted by Gasteiger charge is -2.10. The first-order valence-corrected chi connectivity index (χ1v) is 5.97. The summed E-state index contributed by atoms with van der Waals surface area (Å²) in [6.07, 6.45) is 10.8. The molecule has 15 heavy (non-hydrogen) atoms. The Morgan fingerprint density at radius 3 is 2.80 bits per heavy atom. The lowest BCUT2D eigenvalue weighted by atomic mass is 10.0. The molecule has 0 unspecified atom stereocenters. The highest BCUT2D eigenvalue weighted by atomic mass is 14.6. The van der Waals surface area contributed by atoms with E-state index in [2.05, 4.69) is 18.0 Å². The minimum atomic E-state index is 0.390. The normalized spacial score (nSPS) is 12.7. The van der Waals surface area contributed by atoms with Gasteiger partial charge in [0.2, 0.25) is 0 Å². The van der Waals surface area contributed by atoms with Gasteiger partial charge in [-0.05, 0) is 37.3 Å². The van der Waals surface area contributed by atoms with Gasteiger partial charge in [0.25, 0.3) is 0 Å². The number of rotatable bonds is 7. The highest BCUT2D eigenvalue weighted by Crippen LogP contribution is 2.08. The highest BCUT2D eigenvalue weighted by molar-refractivity contribution is 5.08. The molecule has 0 saturated carbocycles. The number of aromatic nitrogens is 1. The number of nitrogens with two attached hydrogens (primary N) is 1. The summed E-state index contributed by atoms with van der Waals surface area (Å²) in [5.41, 5.74) is 7.33. The van der Waals surface area contributed by atoms with E-state index in [0.29, 0.717) is 6.04 Å². The monoisotopic (exact) mass is 206 g/mol. The van der Waals surface area contributed by atoms with Crippen LogP contribution in [-0.4, -0.2) is 11.0 Å². The van der Waals surface area contributed by atoms with Gasteiger partial charge in [0.05, 0.1) is 0 Å². The summed E-state index contributed by atoms with van der Waals surface area (Å²) in [5, 5.41) is 0. The maximum Gasteiger partial charge on any atom is 0.0299 e. The number of aryl methyl sites for hydroxylation is 1. The molecular formula is C13H22N2. The van der Waals surface area contributed by atoms with Gasteiger partial charge in [0.15, 0.2) is 0 Å². The molecular weight excluding hydrogens is 184 g/mol. The smallest absolute Gasteiger partial charge is 0.0299 e. The second-order valence-corrected chi connectivity index (χ2v) is 4.16. The highest BCUT2D eigenvalue weighted by Gasteiger charge is 2.01. The van der Waals surface area contributed by atoms with Crippen LogP contribution in [0.1, 0.15) is 44.6 Å². The Hall–Kier alpha value is -0.890. The van der Waals surface area contributed by atoms with Crippen LogP contribution in [0, 0.1) is 0 Å². The molecule has 0 spiro atoms. The summed E-state index contributed by atoms with van der Waals surface area (Å²) in [6, 6.07) is 4.51. The predicted molar refractivity (Wildman–Crippen MR) is 64.7 cm³/mol. The van der Waals surface area contributed by atoms with Gasteiger partial charge < -0.3 is 5.73 Å². The third-order valence-corrected chi connectivity index (χ3v) is 2.69. The zero-order valence-electron chi connectivity index (χ0n) is 9.65. The second-order valence-electron chi connectivity index (χ2n) is 4.16. The Labute approximate surface area is 92.9 Å². The van der Waals surface area contributed by atoms with Crippen LogP contribution in [0.15, 0.2) is 24.5 Å². The van der Waals surface area contributed by atoms with E-state index in [1.165, 1.54) is 31.2 Å². The topological polar surface area (TPSA) is 38.9 Å². The van der Waals surface area contributed by atoms with Gasteiger partial charge in [0.1, 0.15) is 0 Å². The molecule has 0 amide bonds. The van der Waals surface area contributed by atoms with Crippen molar-refractivity contribution in [3.63, 3.8) is 0 Å². The molecule has 0 aromatic carbocycles. The molecule has 0 fully saturated rings. The molecule has 0 saturated heterocycles. The van der Waals surface area contributed by atoms with Crippen molar-refractivity contribution in [1.82, 2.24) is 4.98 Å². The van der Waals surface area contributed by atoms with Gasteiger partial charge in [-0.15, -0.1) is 0 Å². The maximum atomic E-state index is 6.01. The van der Waals surface area contributed by atoms with E-state index in [-0.39, 0.29) is 0 Å². The van der Waals surface area contributed by atoms with E-state index in [1.807, 2.05) is 18.5 Å². The summed E-state index contributed by atoms with van der Waals surface area (Å²) in [4.78, 5) is 4.10. The van der Waals surface area contributed by atoms with Crippen molar-refractivity contribution in [2.24, 2.45) is 5.73 Å². The van der Waals surface area contributed by atoms with Crippen molar-refractivity contribution in [3.8, 4) is 0 Å². The second kappa shape index (κ2) is 7.41. The Morgan fingerprint density at radius 2 is 2.13 bits per heavy atom. The van der Waals surface area contributed by atoms with Gasteiger partial charge in [-0.3, -0.25) is 4.98 Å². The Kier molecular flexibility index (Phi) is 6.02. The van der Waals surface area contributed by atoms with Crippen LogP contribution in [-0.2, 0) is 6.42 Å². The standard InChI is InChI=1S/C13H22N2/c1-2-3-8-13(14)9-4-6-12-7-5-10-15-11-12/h5,7,10-11,13H,2-4,6,8-9,14H2,1H3/t13-/m0/s1. The molecule has 1 heterocycles. The fourth-order valence-corrected chi connectivity index (χ4v) is 1.73. The first kappa shape index (κ1) is 12.2. The molecule has 84 valence electrons. The van der Waals surface area contributed by atoms with Gasteiger partial charge in [-0.1, -0.05) is 25.8 Å². The van der Waals surface area contributed by atoms with Crippen molar-refractivity contribution in [2.45, 2.75) is 51.5 Å². The van der Waals surface area contributed by atoms with Crippen LogP contribution in [0.2, 0.25) is 0 Å². The third-order valence-electron chi connectivity index (χ3n) is 2.69. The summed E-state index contributed by atoms with van der Waals surface area (Å²) in [6.45, 7) is 2.21. The number of hydrogen-bond acceptors (Lipinski definition) is 2. The summed E-state index contributed by atoms with van der Waals surface area (Å²) >= 11 is 0. The molecule has 1 atom stereocenters. The Bertz CT molecular complexity index is 246. The van der Waals surface area contributed by atoms with E-state index in [9.17, 15) is 0 Å². The SMILES string of the molecule is CCCC[C@H](N)CCCc1cccnc1. The van der Waals surface area contributed by atoms with E-state index in [0.717, 1.165) is 12.8 Å². The lowest BCUT2D eigenvalue weighted by Crippen LogP contribution is -2.19. The van der Waals surface area contributed by atoms with Crippen molar-refractivity contribution in [2.75, 3.05) is 0 Å². The van der Waals surface area contributed by atoms with Crippen molar-refractivity contribution in [3.05, 3.63) is 30.1 Å². The largest absolute Gasteiger partial charge is 0.328 e. The third kappa shape index (κ3) is 5.53. The Balaban J connectivity index is 2.11. The summed E-state index contributed by atoms with van der Waals surface area (Å²) in [5.74, 6) is 0. The molecule has 2 heteroatoms. The molecule has 0 aliphatic carbocycles. The van der Waals surface area contributed by atoms with E-state index in [4.69, 9.17) is 5.73 Å². The number of nitrogens with zero attached hydrogens (tertiary/aromatic N) is 1. The van der Waals surface area contributed by atoms with Crippen LogP contribution < -0.4 is 5.73 Å². The first-order valence-electron chi connectivity index (χ1n) is 5.97. The molecule has 2 N–H and O–H groups in total. The summed E-state index contributed by atoms with van der Waals surface area (Å²) < 4.78 is 0. The predicted octanol–water partition coefficient (Wildman–Crippen LogP) is 2.92. The minimum Gasteiger partial charge on any atom is -0.328 e. The van der Waals surface area contributed by atoms with Crippen molar-refractivity contribution >= 4 is 0 Å². The zero-order chi connectivity index (χ0) is 10.9. The number of pyridine rings is 1. The molecule has 1 aromatic heterocycles. The molecule has 0 aliphatic heterocycles. The van der Waals surface area contributed by atoms with E-state index >= 15 is 0 Å². The van der Waals surface area contributed by atoms with Crippen LogP contribution in [0.3, 0.4) is 0 Å². The molecule has 1 rings (SSSR count). The fraction of sp³-hybridized carbons (Fsp3) is 0.615. The zero-order valence-corrected chi connectivity index (χ0v) is 9.65. The minimum absolute atomic E-state index is 0.390. The quantitative estimate of drug-likeness (QED) is 0.745. The average Bonchev–Trinajstić information content (AvgIpc) is 2.28. The van der Waals surface area contributed by atoms with Crippen molar-refractivity contribution in [1.29, 1.82) is 0 Å². The molecule has 0 aliphatic rings. The number of unbranched alkanes of at least 4 members (excludes halogenated alkanes) is 1. The Morgan fingerprint density at radius 1 is 1.33 bits per heavy atom. The van der Waals surface area contributed by atoms with Crippen molar-refractivity contribution < 1.29 is 0 Å². The van der Waals surface area contributed by atoms with E-state index < -0.39 is 0 Å². The van der Waals surface area contributed by atoms with Crippen LogP contribution in [0.5, 0.6) is 0 Å². The number of hydrogen-bond donors (Lipinski definition) is 1. The average molecular weight is 206 g/mol. The van der Waals surface area contributed by atoms with Crippen LogP contribution in [0.4, 0.5) is 0 Å². The van der Waals surface area contributed by atoms with Gasteiger partial charge in [0, 0.05) is 18.4 Å². The molecule has 0 bridgehead atoms. The molecule has 2 nitrogen and oxygen atoms in total. The maximum absolute atomic E-state index is 6.01. The van der Waals surface area contributed by atoms with Gasteiger partial charge in [-0.25, -0.2) is 0 Å². The lowest BCUT2D eigenvalue weighted by molar-refractivity contribution is 0.523. The molecule has 0 radical (unpaired) electrons. The van der Waals surface area contributed by atoms with Gasteiger partial charge >= 0.3 is 0 Å². The molecule has 1 aromatic rings. The summed E-state index contributed by atoms with van der Waals surface area (Å²) in [7, 11) is 0. The first-order chi connectivity index (χ1) is 7.33. The fourth-order valence-electron chi connectivity index (χ4n) is 1.73. The van der Waals surface area contributed by atoms with Crippen LogP contribution in [0.25, 0.3) is 0 Å². The van der Waals surface area contributed by atoms with E-state index in [1.54, 1.807) is 0 Å². The van der Waals surface area contributed by atoms with Crippen LogP contribution >= 0.6 is 0 Å².